The van der Waals surface area contributed by atoms with Crippen molar-refractivity contribution in [2.75, 3.05) is 23.0 Å². The van der Waals surface area contributed by atoms with Crippen molar-refractivity contribution in [2.24, 2.45) is 0 Å². The molecule has 1 N–H and O–H groups in total. The summed E-state index contributed by atoms with van der Waals surface area (Å²) in [7, 11) is -3.01. The highest BCUT2D eigenvalue weighted by atomic mass is 32.2. The zero-order valence-electron chi connectivity index (χ0n) is 12.3. The fourth-order valence-electron chi connectivity index (χ4n) is 3.05. The van der Waals surface area contributed by atoms with Crippen molar-refractivity contribution >= 4 is 27.3 Å². The lowest BCUT2D eigenvalue weighted by atomic mass is 10.1. The highest BCUT2D eigenvalue weighted by Gasteiger charge is 2.29. The summed E-state index contributed by atoms with van der Waals surface area (Å²) in [5.74, 6) is -0.115. The molecule has 2 amide bonds. The summed E-state index contributed by atoms with van der Waals surface area (Å²) in [6.45, 7) is 2.16. The molecule has 0 aromatic heterocycles. The first-order valence-corrected chi connectivity index (χ1v) is 9.10. The predicted molar refractivity (Wildman–Crippen MR) is 82.7 cm³/mol. The van der Waals surface area contributed by atoms with Crippen LogP contribution in [0.2, 0.25) is 0 Å². The lowest BCUT2D eigenvalue weighted by molar-refractivity contribution is -0.116. The molecule has 0 spiro atoms. The van der Waals surface area contributed by atoms with Crippen molar-refractivity contribution in [3.63, 3.8) is 0 Å². The van der Waals surface area contributed by atoms with Crippen LogP contribution < -0.4 is 10.2 Å². The Morgan fingerprint density at radius 2 is 2.09 bits per heavy atom. The Labute approximate surface area is 129 Å². The molecule has 1 saturated heterocycles. The lowest BCUT2D eigenvalue weighted by Gasteiger charge is -2.15. The van der Waals surface area contributed by atoms with E-state index < -0.39 is 9.84 Å². The molecule has 2 aliphatic rings. The van der Waals surface area contributed by atoms with Crippen LogP contribution in [0.15, 0.2) is 18.2 Å². The number of hydrogen-bond donors (Lipinski definition) is 1. The van der Waals surface area contributed by atoms with E-state index in [1.807, 2.05) is 0 Å². The molecule has 6 nitrogen and oxygen atoms in total. The van der Waals surface area contributed by atoms with Gasteiger partial charge in [0.25, 0.3) is 5.91 Å². The average Bonchev–Trinajstić information content (AvgIpc) is 3.01. The second-order valence-electron chi connectivity index (χ2n) is 5.84. The zero-order chi connectivity index (χ0) is 15.9. The molecule has 7 heteroatoms. The maximum atomic E-state index is 12.2. The van der Waals surface area contributed by atoms with Crippen molar-refractivity contribution in [3.05, 3.63) is 29.3 Å². The maximum Gasteiger partial charge on any atom is 0.251 e. The van der Waals surface area contributed by atoms with Crippen LogP contribution in [0.4, 0.5) is 5.69 Å². The SMILES string of the molecule is CC(=O)N1CCc2cc(C(=O)NC3CCS(=O)(=O)C3)ccc21. The van der Waals surface area contributed by atoms with E-state index in [-0.39, 0.29) is 29.4 Å². The molecule has 0 radical (unpaired) electrons. The van der Waals surface area contributed by atoms with Crippen LogP contribution in [0, 0.1) is 0 Å². The molecule has 0 bridgehead atoms. The van der Waals surface area contributed by atoms with Gasteiger partial charge in [0, 0.05) is 30.8 Å². The van der Waals surface area contributed by atoms with Gasteiger partial charge in [-0.3, -0.25) is 9.59 Å². The van der Waals surface area contributed by atoms with Crippen molar-refractivity contribution < 1.29 is 18.0 Å². The van der Waals surface area contributed by atoms with Gasteiger partial charge >= 0.3 is 0 Å². The number of nitrogens with one attached hydrogen (secondary N) is 1. The normalized spacial score (nSPS) is 22.4. The summed E-state index contributed by atoms with van der Waals surface area (Å²) in [6, 6.07) is 4.94. The minimum absolute atomic E-state index is 0.00730. The first-order chi connectivity index (χ1) is 10.4. The Kier molecular flexibility index (Phi) is 3.68. The Bertz CT molecular complexity index is 742. The van der Waals surface area contributed by atoms with Gasteiger partial charge in [-0.05, 0) is 36.6 Å². The van der Waals surface area contributed by atoms with Crippen molar-refractivity contribution in [1.29, 1.82) is 0 Å². The molecule has 1 unspecified atom stereocenters. The molecule has 3 rings (SSSR count). The minimum Gasteiger partial charge on any atom is -0.348 e. The Morgan fingerprint density at radius 3 is 2.73 bits per heavy atom. The third-order valence-electron chi connectivity index (χ3n) is 4.18. The van der Waals surface area contributed by atoms with Crippen LogP contribution in [0.3, 0.4) is 0 Å². The third kappa shape index (κ3) is 2.85. The number of anilines is 1. The molecule has 2 heterocycles. The second-order valence-corrected chi connectivity index (χ2v) is 8.07. The van der Waals surface area contributed by atoms with Gasteiger partial charge in [0.1, 0.15) is 0 Å². The topological polar surface area (TPSA) is 83.6 Å². The molecule has 2 aliphatic heterocycles. The molecule has 1 aromatic carbocycles. The molecule has 118 valence electrons. The quantitative estimate of drug-likeness (QED) is 0.860. The largest absolute Gasteiger partial charge is 0.348 e. The summed E-state index contributed by atoms with van der Waals surface area (Å²) >= 11 is 0. The van der Waals surface area contributed by atoms with Crippen LogP contribution in [-0.4, -0.2) is 44.3 Å². The number of carbonyl (C=O) groups is 2. The zero-order valence-corrected chi connectivity index (χ0v) is 13.1. The van der Waals surface area contributed by atoms with Gasteiger partial charge in [0.05, 0.1) is 11.5 Å². The van der Waals surface area contributed by atoms with E-state index in [1.165, 1.54) is 6.92 Å². The number of carbonyl (C=O) groups excluding carboxylic acids is 2. The maximum absolute atomic E-state index is 12.2. The number of amides is 2. The van der Waals surface area contributed by atoms with E-state index in [0.717, 1.165) is 17.7 Å². The van der Waals surface area contributed by atoms with E-state index >= 15 is 0 Å². The molecule has 0 saturated carbocycles. The van der Waals surface area contributed by atoms with Crippen LogP contribution in [0.25, 0.3) is 0 Å². The number of hydrogen-bond acceptors (Lipinski definition) is 4. The number of rotatable bonds is 2. The van der Waals surface area contributed by atoms with Crippen molar-refractivity contribution in [2.45, 2.75) is 25.8 Å². The predicted octanol–water partition coefficient (Wildman–Crippen LogP) is 0.513. The monoisotopic (exact) mass is 322 g/mol. The van der Waals surface area contributed by atoms with Crippen LogP contribution >= 0.6 is 0 Å². The summed E-state index contributed by atoms with van der Waals surface area (Å²) in [4.78, 5) is 25.4. The molecule has 1 aromatic rings. The van der Waals surface area contributed by atoms with E-state index in [0.29, 0.717) is 18.5 Å². The molecule has 22 heavy (non-hydrogen) atoms. The van der Waals surface area contributed by atoms with Crippen LogP contribution in [0.1, 0.15) is 29.3 Å². The third-order valence-corrected chi connectivity index (χ3v) is 5.95. The van der Waals surface area contributed by atoms with Crippen LogP contribution in [-0.2, 0) is 21.1 Å². The Morgan fingerprint density at radius 1 is 1.32 bits per heavy atom. The molecule has 1 fully saturated rings. The van der Waals surface area contributed by atoms with Gasteiger partial charge in [-0.2, -0.15) is 0 Å². The first kappa shape index (κ1) is 15.0. The second kappa shape index (κ2) is 5.39. The lowest BCUT2D eigenvalue weighted by Crippen LogP contribution is -2.35. The Hall–Kier alpha value is -1.89. The fourth-order valence-corrected chi connectivity index (χ4v) is 4.72. The van der Waals surface area contributed by atoms with E-state index in [1.54, 1.807) is 23.1 Å². The van der Waals surface area contributed by atoms with E-state index in [2.05, 4.69) is 5.32 Å². The minimum atomic E-state index is -3.01. The van der Waals surface area contributed by atoms with Gasteiger partial charge < -0.3 is 10.2 Å². The molecular formula is C15H18N2O4S. The number of sulfone groups is 1. The molecular weight excluding hydrogens is 304 g/mol. The van der Waals surface area contributed by atoms with Gasteiger partial charge in [0.15, 0.2) is 9.84 Å². The summed E-state index contributed by atoms with van der Waals surface area (Å²) in [5.41, 5.74) is 2.34. The fraction of sp³-hybridized carbons (Fsp3) is 0.467. The smallest absolute Gasteiger partial charge is 0.251 e. The van der Waals surface area contributed by atoms with E-state index in [4.69, 9.17) is 0 Å². The van der Waals surface area contributed by atoms with E-state index in [9.17, 15) is 18.0 Å². The molecule has 0 aliphatic carbocycles. The van der Waals surface area contributed by atoms with Crippen molar-refractivity contribution in [1.82, 2.24) is 5.32 Å². The summed E-state index contributed by atoms with van der Waals surface area (Å²) in [5, 5.41) is 2.78. The summed E-state index contributed by atoms with van der Waals surface area (Å²) < 4.78 is 22.8. The highest BCUT2D eigenvalue weighted by molar-refractivity contribution is 7.91. The first-order valence-electron chi connectivity index (χ1n) is 7.28. The standard InChI is InChI=1S/C15H18N2O4S/c1-10(18)17-6-4-11-8-12(2-3-14(11)17)15(19)16-13-5-7-22(20,21)9-13/h2-3,8,13H,4-7,9H2,1H3,(H,16,19). The number of fused-ring (bicyclic) bond motifs is 1. The van der Waals surface area contributed by atoms with Gasteiger partial charge in [-0.1, -0.05) is 0 Å². The Balaban J connectivity index is 1.74. The number of benzene rings is 1. The number of nitrogens with zero attached hydrogens (tertiary/aromatic N) is 1. The van der Waals surface area contributed by atoms with Crippen LogP contribution in [0.5, 0.6) is 0 Å². The average molecular weight is 322 g/mol. The van der Waals surface area contributed by atoms with Gasteiger partial charge in [0.2, 0.25) is 5.91 Å². The van der Waals surface area contributed by atoms with Gasteiger partial charge in [-0.15, -0.1) is 0 Å². The van der Waals surface area contributed by atoms with Crippen molar-refractivity contribution in [3.8, 4) is 0 Å². The summed E-state index contributed by atoms with van der Waals surface area (Å²) in [6.07, 6.45) is 1.20. The van der Waals surface area contributed by atoms with Gasteiger partial charge in [-0.25, -0.2) is 8.42 Å². The highest BCUT2D eigenvalue weighted by Crippen LogP contribution is 2.29. The molecule has 1 atom stereocenters.